The Bertz CT molecular complexity index is 352. The van der Waals surface area contributed by atoms with Crippen molar-refractivity contribution in [3.63, 3.8) is 0 Å². The molecule has 0 spiro atoms. The lowest BCUT2D eigenvalue weighted by Crippen LogP contribution is -2.34. The summed E-state index contributed by atoms with van der Waals surface area (Å²) in [6.45, 7) is 9.88. The van der Waals surface area contributed by atoms with Crippen LogP contribution < -0.4 is 4.90 Å². The SMILES string of the molecule is CCCCN(c1ncc(C)cc1Br)C(C)CC. The van der Waals surface area contributed by atoms with Crippen LogP contribution in [-0.2, 0) is 0 Å². The summed E-state index contributed by atoms with van der Waals surface area (Å²) in [7, 11) is 0. The number of unbranched alkanes of at least 4 members (excludes halogenated alkanes) is 1. The van der Waals surface area contributed by atoms with E-state index in [9.17, 15) is 0 Å². The van der Waals surface area contributed by atoms with Crippen LogP contribution in [0.4, 0.5) is 5.82 Å². The van der Waals surface area contributed by atoms with E-state index in [2.05, 4.69) is 59.6 Å². The molecular formula is C14H23BrN2. The number of halogens is 1. The molecule has 1 atom stereocenters. The molecule has 1 heterocycles. The third-order valence-corrected chi connectivity index (χ3v) is 3.69. The molecule has 0 amide bonds. The van der Waals surface area contributed by atoms with E-state index in [4.69, 9.17) is 0 Å². The Balaban J connectivity index is 2.95. The molecule has 0 saturated heterocycles. The Kier molecular flexibility index (Phi) is 5.96. The summed E-state index contributed by atoms with van der Waals surface area (Å²) in [6.07, 6.45) is 5.52. The standard InChI is InChI=1S/C14H23BrN2/c1-5-7-8-17(12(4)6-2)14-13(15)9-11(3)10-16-14/h9-10,12H,5-8H2,1-4H3. The van der Waals surface area contributed by atoms with E-state index in [1.165, 1.54) is 18.4 Å². The van der Waals surface area contributed by atoms with Crippen molar-refractivity contribution < 1.29 is 0 Å². The maximum atomic E-state index is 4.58. The summed E-state index contributed by atoms with van der Waals surface area (Å²) >= 11 is 3.63. The highest BCUT2D eigenvalue weighted by Gasteiger charge is 2.16. The van der Waals surface area contributed by atoms with Gasteiger partial charge < -0.3 is 4.90 Å². The predicted molar refractivity (Wildman–Crippen MR) is 78.7 cm³/mol. The van der Waals surface area contributed by atoms with Crippen molar-refractivity contribution in [3.05, 3.63) is 22.3 Å². The van der Waals surface area contributed by atoms with Crippen LogP contribution in [0.5, 0.6) is 0 Å². The zero-order chi connectivity index (χ0) is 12.8. The summed E-state index contributed by atoms with van der Waals surface area (Å²) < 4.78 is 1.11. The van der Waals surface area contributed by atoms with Gasteiger partial charge in [-0.2, -0.15) is 0 Å². The quantitative estimate of drug-likeness (QED) is 0.765. The molecule has 0 saturated carbocycles. The van der Waals surface area contributed by atoms with Gasteiger partial charge in [0.2, 0.25) is 0 Å². The van der Waals surface area contributed by atoms with E-state index in [1.807, 2.05) is 6.20 Å². The maximum Gasteiger partial charge on any atom is 0.143 e. The zero-order valence-corrected chi connectivity index (χ0v) is 12.9. The average Bonchev–Trinajstić information content (AvgIpc) is 2.31. The van der Waals surface area contributed by atoms with E-state index in [-0.39, 0.29) is 0 Å². The molecule has 0 aliphatic carbocycles. The normalized spacial score (nSPS) is 12.5. The van der Waals surface area contributed by atoms with Crippen molar-refractivity contribution in [1.82, 2.24) is 4.98 Å². The Morgan fingerprint density at radius 2 is 2.12 bits per heavy atom. The molecule has 0 aliphatic rings. The van der Waals surface area contributed by atoms with Gasteiger partial charge in [0.05, 0.1) is 4.47 Å². The Morgan fingerprint density at radius 1 is 1.41 bits per heavy atom. The number of aryl methyl sites for hydroxylation is 1. The molecule has 0 radical (unpaired) electrons. The monoisotopic (exact) mass is 298 g/mol. The van der Waals surface area contributed by atoms with Gasteiger partial charge in [0.25, 0.3) is 0 Å². The van der Waals surface area contributed by atoms with Gasteiger partial charge in [-0.25, -0.2) is 4.98 Å². The van der Waals surface area contributed by atoms with Gasteiger partial charge in [0, 0.05) is 18.8 Å². The second-order valence-corrected chi connectivity index (χ2v) is 5.48. The van der Waals surface area contributed by atoms with E-state index in [1.54, 1.807) is 0 Å². The second-order valence-electron chi connectivity index (χ2n) is 4.62. The number of anilines is 1. The third-order valence-electron chi connectivity index (χ3n) is 3.11. The van der Waals surface area contributed by atoms with E-state index in [0.29, 0.717) is 6.04 Å². The molecular weight excluding hydrogens is 276 g/mol. The fourth-order valence-corrected chi connectivity index (χ4v) is 2.51. The van der Waals surface area contributed by atoms with Crippen LogP contribution in [0.15, 0.2) is 16.7 Å². The summed E-state index contributed by atoms with van der Waals surface area (Å²) in [5.74, 6) is 1.08. The van der Waals surface area contributed by atoms with Gasteiger partial charge in [0.1, 0.15) is 5.82 Å². The van der Waals surface area contributed by atoms with E-state index >= 15 is 0 Å². The molecule has 0 N–H and O–H groups in total. The smallest absolute Gasteiger partial charge is 0.143 e. The lowest BCUT2D eigenvalue weighted by Gasteiger charge is -2.30. The minimum absolute atomic E-state index is 0.535. The van der Waals surface area contributed by atoms with Crippen LogP contribution in [0.2, 0.25) is 0 Å². The first-order valence-electron chi connectivity index (χ1n) is 6.48. The van der Waals surface area contributed by atoms with Crippen molar-refractivity contribution in [1.29, 1.82) is 0 Å². The van der Waals surface area contributed by atoms with Gasteiger partial charge in [0.15, 0.2) is 0 Å². The lowest BCUT2D eigenvalue weighted by molar-refractivity contribution is 0.588. The molecule has 0 fully saturated rings. The molecule has 1 aromatic heterocycles. The van der Waals surface area contributed by atoms with E-state index in [0.717, 1.165) is 23.3 Å². The summed E-state index contributed by atoms with van der Waals surface area (Å²) in [5, 5.41) is 0. The van der Waals surface area contributed by atoms with Crippen LogP contribution in [0, 0.1) is 6.92 Å². The molecule has 2 nitrogen and oxygen atoms in total. The van der Waals surface area contributed by atoms with Gasteiger partial charge in [-0.15, -0.1) is 0 Å². The molecule has 0 bridgehead atoms. The highest BCUT2D eigenvalue weighted by Crippen LogP contribution is 2.27. The second kappa shape index (κ2) is 7.00. The van der Waals surface area contributed by atoms with Crippen molar-refractivity contribution in [3.8, 4) is 0 Å². The first-order chi connectivity index (χ1) is 8.10. The zero-order valence-electron chi connectivity index (χ0n) is 11.3. The molecule has 0 aliphatic heterocycles. The number of pyridine rings is 1. The third kappa shape index (κ3) is 3.98. The first kappa shape index (κ1) is 14.5. The highest BCUT2D eigenvalue weighted by atomic mass is 79.9. The number of hydrogen-bond donors (Lipinski definition) is 0. The minimum atomic E-state index is 0.535. The first-order valence-corrected chi connectivity index (χ1v) is 7.28. The average molecular weight is 299 g/mol. The Morgan fingerprint density at radius 3 is 2.65 bits per heavy atom. The van der Waals surface area contributed by atoms with Gasteiger partial charge in [-0.3, -0.25) is 0 Å². The van der Waals surface area contributed by atoms with Crippen molar-refractivity contribution >= 4 is 21.7 Å². The minimum Gasteiger partial charge on any atom is -0.353 e. The Hall–Kier alpha value is -0.570. The van der Waals surface area contributed by atoms with Gasteiger partial charge >= 0.3 is 0 Å². The lowest BCUT2D eigenvalue weighted by atomic mass is 10.2. The van der Waals surface area contributed by atoms with Crippen LogP contribution in [0.3, 0.4) is 0 Å². The summed E-state index contributed by atoms with van der Waals surface area (Å²) in [6, 6.07) is 2.68. The summed E-state index contributed by atoms with van der Waals surface area (Å²) in [4.78, 5) is 6.99. The fourth-order valence-electron chi connectivity index (χ4n) is 1.82. The van der Waals surface area contributed by atoms with Gasteiger partial charge in [-0.1, -0.05) is 20.3 Å². The topological polar surface area (TPSA) is 16.1 Å². The number of nitrogens with zero attached hydrogens (tertiary/aromatic N) is 2. The molecule has 1 unspecified atom stereocenters. The van der Waals surface area contributed by atoms with Crippen LogP contribution >= 0.6 is 15.9 Å². The molecule has 96 valence electrons. The van der Waals surface area contributed by atoms with Crippen molar-refractivity contribution in [2.24, 2.45) is 0 Å². The van der Waals surface area contributed by atoms with Crippen LogP contribution in [0.1, 0.15) is 45.6 Å². The van der Waals surface area contributed by atoms with Crippen molar-refractivity contribution in [2.45, 2.75) is 53.0 Å². The Labute approximate surface area is 114 Å². The van der Waals surface area contributed by atoms with Crippen LogP contribution in [0.25, 0.3) is 0 Å². The number of rotatable bonds is 6. The largest absolute Gasteiger partial charge is 0.353 e. The molecule has 0 aromatic carbocycles. The molecule has 3 heteroatoms. The summed E-state index contributed by atoms with van der Waals surface area (Å²) in [5.41, 5.74) is 1.19. The maximum absolute atomic E-state index is 4.58. The van der Waals surface area contributed by atoms with Crippen LogP contribution in [-0.4, -0.2) is 17.6 Å². The molecule has 17 heavy (non-hydrogen) atoms. The highest BCUT2D eigenvalue weighted by molar-refractivity contribution is 9.10. The van der Waals surface area contributed by atoms with Crippen molar-refractivity contribution in [2.75, 3.05) is 11.4 Å². The van der Waals surface area contributed by atoms with Gasteiger partial charge in [-0.05, 0) is 54.2 Å². The molecule has 1 aromatic rings. The van der Waals surface area contributed by atoms with E-state index < -0.39 is 0 Å². The predicted octanol–water partition coefficient (Wildman–Crippen LogP) is 4.56. The molecule has 1 rings (SSSR count). The number of hydrogen-bond acceptors (Lipinski definition) is 2. The fraction of sp³-hybridized carbons (Fsp3) is 0.643. The number of aromatic nitrogens is 1.